The van der Waals surface area contributed by atoms with Crippen LogP contribution in [-0.4, -0.2) is 27.0 Å². The van der Waals surface area contributed by atoms with Crippen LogP contribution in [0.3, 0.4) is 0 Å². The van der Waals surface area contributed by atoms with Crippen LogP contribution in [0.5, 0.6) is 5.75 Å². The van der Waals surface area contributed by atoms with E-state index >= 15 is 0 Å². The third-order valence-corrected chi connectivity index (χ3v) is 5.49. The first-order valence-electron chi connectivity index (χ1n) is 10.7. The van der Waals surface area contributed by atoms with Crippen LogP contribution in [-0.2, 0) is 0 Å². The van der Waals surface area contributed by atoms with E-state index in [4.69, 9.17) is 9.72 Å². The molecule has 0 amide bonds. The average molecular weight is 379 g/mol. The molecular weight excluding hydrogens is 348 g/mol. The van der Waals surface area contributed by atoms with Crippen LogP contribution < -0.4 is 10.1 Å². The van der Waals surface area contributed by atoms with Gasteiger partial charge in [-0.15, -0.1) is 0 Å². The van der Waals surface area contributed by atoms with Gasteiger partial charge in [0.2, 0.25) is 5.78 Å². The molecule has 1 fully saturated rings. The van der Waals surface area contributed by atoms with E-state index in [-0.39, 0.29) is 0 Å². The highest BCUT2D eigenvalue weighted by molar-refractivity contribution is 5.76. The number of fused-ring (bicyclic) bond motifs is 1. The molecule has 5 nitrogen and oxygen atoms in total. The molecule has 1 aliphatic carbocycles. The van der Waals surface area contributed by atoms with Crippen molar-refractivity contribution in [2.75, 3.05) is 11.9 Å². The fourth-order valence-corrected chi connectivity index (χ4v) is 3.89. The second-order valence-corrected chi connectivity index (χ2v) is 7.66. The molecule has 28 heavy (non-hydrogen) atoms. The molecule has 0 atom stereocenters. The van der Waals surface area contributed by atoms with Gasteiger partial charge in [0.25, 0.3) is 0 Å². The summed E-state index contributed by atoms with van der Waals surface area (Å²) >= 11 is 0. The maximum absolute atomic E-state index is 5.81. The summed E-state index contributed by atoms with van der Waals surface area (Å²) in [5.41, 5.74) is 2.05. The Hall–Kier alpha value is -2.56. The van der Waals surface area contributed by atoms with Crippen molar-refractivity contribution in [3.63, 3.8) is 0 Å². The van der Waals surface area contributed by atoms with Gasteiger partial charge in [0, 0.05) is 24.0 Å². The molecule has 4 rings (SSSR count). The second kappa shape index (κ2) is 9.09. The minimum absolute atomic E-state index is 0.498. The molecule has 1 N–H and O–H groups in total. The van der Waals surface area contributed by atoms with Crippen LogP contribution >= 0.6 is 0 Å². The molecule has 1 aliphatic rings. The number of nitrogens with zero attached hydrogens (tertiary/aromatic N) is 3. The van der Waals surface area contributed by atoms with Crippen LogP contribution in [0, 0.1) is 0 Å². The molecule has 0 spiro atoms. The predicted molar refractivity (Wildman–Crippen MR) is 114 cm³/mol. The first kappa shape index (κ1) is 18.8. The summed E-state index contributed by atoms with van der Waals surface area (Å²) in [5, 5.41) is 3.80. The number of hydrogen-bond acceptors (Lipinski definition) is 4. The third-order valence-electron chi connectivity index (χ3n) is 5.49. The monoisotopic (exact) mass is 378 g/mol. The van der Waals surface area contributed by atoms with Gasteiger partial charge in [-0.1, -0.05) is 39.0 Å². The highest BCUT2D eigenvalue weighted by atomic mass is 16.5. The minimum atomic E-state index is 0.498. The van der Waals surface area contributed by atoms with E-state index in [1.165, 1.54) is 38.5 Å². The fourth-order valence-electron chi connectivity index (χ4n) is 3.89. The molecule has 3 aromatic rings. The topological polar surface area (TPSA) is 51.5 Å². The highest BCUT2D eigenvalue weighted by Crippen LogP contribution is 2.31. The van der Waals surface area contributed by atoms with Crippen LogP contribution in [0.1, 0.15) is 58.3 Å². The van der Waals surface area contributed by atoms with E-state index in [1.807, 2.05) is 24.4 Å². The summed E-state index contributed by atoms with van der Waals surface area (Å²) in [7, 11) is 0. The summed E-state index contributed by atoms with van der Waals surface area (Å²) in [5.74, 6) is 2.70. The van der Waals surface area contributed by atoms with Gasteiger partial charge in [-0.05, 0) is 49.6 Å². The number of rotatable bonds is 7. The molecule has 0 radical (unpaired) electrons. The number of imidazole rings is 1. The zero-order chi connectivity index (χ0) is 19.2. The number of aromatic nitrogens is 3. The Labute approximate surface area is 167 Å². The standard InChI is InChI=1S/C23H30N4O/c1-2-3-17-28-20-13-11-18(12-14-20)21-22(25-19-9-6-4-5-7-10-19)27-16-8-15-24-23(27)26-21/h8,11-16,19,25H,2-7,9-10,17H2,1H3. The Morgan fingerprint density at radius 1 is 1.11 bits per heavy atom. The maximum Gasteiger partial charge on any atom is 0.235 e. The molecule has 2 heterocycles. The highest BCUT2D eigenvalue weighted by Gasteiger charge is 2.19. The van der Waals surface area contributed by atoms with Crippen molar-refractivity contribution in [2.45, 2.75) is 64.3 Å². The first-order chi connectivity index (χ1) is 13.8. The first-order valence-corrected chi connectivity index (χ1v) is 10.7. The quantitative estimate of drug-likeness (QED) is 0.423. The molecule has 148 valence electrons. The number of nitrogens with one attached hydrogen (secondary N) is 1. The van der Waals surface area contributed by atoms with E-state index in [2.05, 4.69) is 33.8 Å². The van der Waals surface area contributed by atoms with Gasteiger partial charge >= 0.3 is 0 Å². The molecule has 0 saturated heterocycles. The molecule has 1 saturated carbocycles. The summed E-state index contributed by atoms with van der Waals surface area (Å²) in [6.07, 6.45) is 13.8. The lowest BCUT2D eigenvalue weighted by atomic mass is 10.1. The number of unbranched alkanes of at least 4 members (excludes halogenated alkanes) is 1. The van der Waals surface area contributed by atoms with Gasteiger partial charge in [0.05, 0.1) is 6.61 Å². The largest absolute Gasteiger partial charge is 0.494 e. The number of anilines is 1. The number of ether oxygens (including phenoxy) is 1. The van der Waals surface area contributed by atoms with Gasteiger partial charge < -0.3 is 10.1 Å². The lowest BCUT2D eigenvalue weighted by Gasteiger charge is -2.18. The summed E-state index contributed by atoms with van der Waals surface area (Å²) in [6, 6.07) is 10.7. The SMILES string of the molecule is CCCCOc1ccc(-c2nc3ncccn3c2NC2CCCCCC2)cc1. The molecule has 0 unspecified atom stereocenters. The van der Waals surface area contributed by atoms with Crippen LogP contribution in [0.4, 0.5) is 5.82 Å². The van der Waals surface area contributed by atoms with Gasteiger partial charge in [0.15, 0.2) is 0 Å². The van der Waals surface area contributed by atoms with Crippen molar-refractivity contribution in [2.24, 2.45) is 0 Å². The Morgan fingerprint density at radius 2 is 1.89 bits per heavy atom. The van der Waals surface area contributed by atoms with Crippen LogP contribution in [0.2, 0.25) is 0 Å². The smallest absolute Gasteiger partial charge is 0.235 e. The van der Waals surface area contributed by atoms with Crippen molar-refractivity contribution in [3.8, 4) is 17.0 Å². The molecule has 0 bridgehead atoms. The van der Waals surface area contributed by atoms with Gasteiger partial charge in [0.1, 0.15) is 17.3 Å². The maximum atomic E-state index is 5.81. The van der Waals surface area contributed by atoms with Crippen molar-refractivity contribution in [3.05, 3.63) is 42.7 Å². The third kappa shape index (κ3) is 4.29. The fraction of sp³-hybridized carbons (Fsp3) is 0.478. The van der Waals surface area contributed by atoms with Gasteiger partial charge in [-0.2, -0.15) is 0 Å². The zero-order valence-electron chi connectivity index (χ0n) is 16.7. The van der Waals surface area contributed by atoms with E-state index in [0.717, 1.165) is 48.1 Å². The van der Waals surface area contributed by atoms with Crippen molar-refractivity contribution < 1.29 is 4.74 Å². The van der Waals surface area contributed by atoms with E-state index < -0.39 is 0 Å². The summed E-state index contributed by atoms with van der Waals surface area (Å²) < 4.78 is 7.88. The molecule has 1 aromatic carbocycles. The summed E-state index contributed by atoms with van der Waals surface area (Å²) in [4.78, 5) is 9.28. The second-order valence-electron chi connectivity index (χ2n) is 7.66. The molecule has 5 heteroatoms. The minimum Gasteiger partial charge on any atom is -0.494 e. The lowest BCUT2D eigenvalue weighted by Crippen LogP contribution is -2.19. The molecule has 2 aromatic heterocycles. The van der Waals surface area contributed by atoms with Crippen molar-refractivity contribution in [1.82, 2.24) is 14.4 Å². The number of benzene rings is 1. The Morgan fingerprint density at radius 3 is 2.64 bits per heavy atom. The van der Waals surface area contributed by atoms with Gasteiger partial charge in [-0.3, -0.25) is 4.40 Å². The van der Waals surface area contributed by atoms with Crippen LogP contribution in [0.15, 0.2) is 42.7 Å². The average Bonchev–Trinajstić information content (AvgIpc) is 2.89. The Balaban J connectivity index is 1.62. The Kier molecular flexibility index (Phi) is 6.10. The Bertz CT molecular complexity index is 879. The zero-order valence-corrected chi connectivity index (χ0v) is 16.7. The predicted octanol–water partition coefficient (Wildman–Crippen LogP) is 5.71. The van der Waals surface area contributed by atoms with E-state index in [1.54, 1.807) is 6.20 Å². The summed E-state index contributed by atoms with van der Waals surface area (Å²) in [6.45, 7) is 2.94. The lowest BCUT2D eigenvalue weighted by molar-refractivity contribution is 0.309. The molecular formula is C23H30N4O. The van der Waals surface area contributed by atoms with Crippen LogP contribution in [0.25, 0.3) is 17.0 Å². The number of hydrogen-bond donors (Lipinski definition) is 1. The molecule has 0 aliphatic heterocycles. The van der Waals surface area contributed by atoms with Crippen molar-refractivity contribution >= 4 is 11.6 Å². The van der Waals surface area contributed by atoms with Crippen molar-refractivity contribution in [1.29, 1.82) is 0 Å². The normalized spacial score (nSPS) is 15.5. The van der Waals surface area contributed by atoms with Gasteiger partial charge in [-0.25, -0.2) is 9.97 Å². The van der Waals surface area contributed by atoms with E-state index in [0.29, 0.717) is 6.04 Å². The van der Waals surface area contributed by atoms with E-state index in [9.17, 15) is 0 Å².